The Hall–Kier alpha value is -1.96. The van der Waals surface area contributed by atoms with E-state index < -0.39 is 0 Å². The molecule has 0 aliphatic carbocycles. The van der Waals surface area contributed by atoms with Crippen LogP contribution in [0.5, 0.6) is 11.5 Å². The molecule has 2 aromatic rings. The molecule has 0 bridgehead atoms. The van der Waals surface area contributed by atoms with Crippen molar-refractivity contribution in [3.8, 4) is 11.5 Å². The molecule has 0 N–H and O–H groups in total. The Labute approximate surface area is 145 Å². The second-order valence-corrected chi connectivity index (χ2v) is 7.19. The van der Waals surface area contributed by atoms with Gasteiger partial charge in [-0.1, -0.05) is 37.3 Å². The van der Waals surface area contributed by atoms with Crippen molar-refractivity contribution in [1.29, 1.82) is 0 Å². The third kappa shape index (κ3) is 3.02. The lowest BCUT2D eigenvalue weighted by Gasteiger charge is -2.37. The lowest BCUT2D eigenvalue weighted by molar-refractivity contribution is 0.0598. The Morgan fingerprint density at radius 2 is 1.75 bits per heavy atom. The van der Waals surface area contributed by atoms with Gasteiger partial charge in [0.25, 0.3) is 0 Å². The minimum atomic E-state index is -0.0386. The van der Waals surface area contributed by atoms with Crippen LogP contribution in [-0.4, -0.2) is 5.60 Å². The van der Waals surface area contributed by atoms with Gasteiger partial charge in [-0.15, -0.1) is 0 Å². The number of hydrogen-bond acceptors (Lipinski definition) is 2. The lowest BCUT2D eigenvalue weighted by atomic mass is 9.86. The van der Waals surface area contributed by atoms with Crippen molar-refractivity contribution in [3.05, 3.63) is 58.1 Å². The van der Waals surface area contributed by atoms with E-state index in [-0.39, 0.29) is 5.60 Å². The average Bonchev–Trinajstić information content (AvgIpc) is 2.60. The minimum absolute atomic E-state index is 0.0386. The zero-order valence-electron chi connectivity index (χ0n) is 15.5. The largest absolute Gasteiger partial charge is 0.488 e. The highest BCUT2D eigenvalue weighted by atomic mass is 16.5. The molecule has 3 rings (SSSR count). The van der Waals surface area contributed by atoms with Gasteiger partial charge >= 0.3 is 0 Å². The summed E-state index contributed by atoms with van der Waals surface area (Å²) >= 11 is 0. The molecular formula is C22H28O2. The molecule has 1 heterocycles. The second-order valence-electron chi connectivity index (χ2n) is 7.19. The van der Waals surface area contributed by atoms with E-state index in [1.807, 2.05) is 6.07 Å². The van der Waals surface area contributed by atoms with E-state index in [4.69, 9.17) is 9.47 Å². The van der Waals surface area contributed by atoms with Gasteiger partial charge in [-0.05, 0) is 69.2 Å². The molecule has 1 aliphatic rings. The van der Waals surface area contributed by atoms with Crippen LogP contribution in [0.4, 0.5) is 0 Å². The molecule has 2 heteroatoms. The molecule has 0 spiro atoms. The van der Waals surface area contributed by atoms with Crippen molar-refractivity contribution >= 4 is 0 Å². The summed E-state index contributed by atoms with van der Waals surface area (Å²) in [6.07, 6.45) is 3.17. The molecule has 0 amide bonds. The molecule has 1 atom stereocenters. The van der Waals surface area contributed by atoms with Crippen LogP contribution >= 0.6 is 0 Å². The summed E-state index contributed by atoms with van der Waals surface area (Å²) in [4.78, 5) is 0. The van der Waals surface area contributed by atoms with Crippen LogP contribution < -0.4 is 9.47 Å². The van der Waals surface area contributed by atoms with Crippen molar-refractivity contribution < 1.29 is 9.47 Å². The van der Waals surface area contributed by atoms with Crippen LogP contribution in [-0.2, 0) is 13.0 Å². The Bertz CT molecular complexity index is 734. The van der Waals surface area contributed by atoms with Gasteiger partial charge in [-0.25, -0.2) is 0 Å². The third-order valence-corrected chi connectivity index (χ3v) is 5.54. The van der Waals surface area contributed by atoms with Gasteiger partial charge in [0.1, 0.15) is 23.7 Å². The predicted octanol–water partition coefficient (Wildman–Crippen LogP) is 5.68. The molecule has 1 aliphatic heterocycles. The van der Waals surface area contributed by atoms with Gasteiger partial charge in [0.2, 0.25) is 0 Å². The summed E-state index contributed by atoms with van der Waals surface area (Å²) < 4.78 is 12.6. The van der Waals surface area contributed by atoms with Crippen LogP contribution in [0.25, 0.3) is 0 Å². The van der Waals surface area contributed by atoms with E-state index in [1.54, 1.807) is 0 Å². The molecule has 0 saturated carbocycles. The summed E-state index contributed by atoms with van der Waals surface area (Å²) in [6.45, 7) is 11.5. The molecule has 0 radical (unpaired) electrons. The highest BCUT2D eigenvalue weighted by Gasteiger charge is 2.33. The number of rotatable bonds is 4. The van der Waals surface area contributed by atoms with Crippen molar-refractivity contribution in [1.82, 2.24) is 0 Å². The highest BCUT2D eigenvalue weighted by molar-refractivity contribution is 5.59. The van der Waals surface area contributed by atoms with Gasteiger partial charge in [0.05, 0.1) is 0 Å². The summed E-state index contributed by atoms with van der Waals surface area (Å²) in [7, 11) is 0. The predicted molar refractivity (Wildman–Crippen MR) is 99.1 cm³/mol. The van der Waals surface area contributed by atoms with Gasteiger partial charge in [-0.2, -0.15) is 0 Å². The molecule has 0 fully saturated rings. The fraction of sp³-hybridized carbons (Fsp3) is 0.455. The smallest absolute Gasteiger partial charge is 0.127 e. The van der Waals surface area contributed by atoms with E-state index in [9.17, 15) is 0 Å². The molecule has 0 unspecified atom stereocenters. The first-order valence-corrected chi connectivity index (χ1v) is 8.93. The Balaban J connectivity index is 1.94. The highest BCUT2D eigenvalue weighted by Crippen LogP contribution is 2.44. The summed E-state index contributed by atoms with van der Waals surface area (Å²) in [5, 5.41) is 0. The van der Waals surface area contributed by atoms with Gasteiger partial charge in [0, 0.05) is 5.56 Å². The third-order valence-electron chi connectivity index (χ3n) is 5.54. The summed E-state index contributed by atoms with van der Waals surface area (Å²) in [5.74, 6) is 2.12. The maximum atomic E-state index is 6.42. The van der Waals surface area contributed by atoms with Crippen LogP contribution in [0.2, 0.25) is 0 Å². The first-order valence-electron chi connectivity index (χ1n) is 8.93. The van der Waals surface area contributed by atoms with Crippen LogP contribution in [0.3, 0.4) is 0 Å². The number of fused-ring (bicyclic) bond motifs is 1. The molecule has 2 nitrogen and oxygen atoms in total. The first-order chi connectivity index (χ1) is 11.4. The zero-order chi connectivity index (χ0) is 17.3. The Kier molecular flexibility index (Phi) is 4.58. The monoisotopic (exact) mass is 324 g/mol. The zero-order valence-corrected chi connectivity index (χ0v) is 15.5. The number of benzene rings is 2. The fourth-order valence-corrected chi connectivity index (χ4v) is 3.48. The number of hydrogen-bond donors (Lipinski definition) is 0. The van der Waals surface area contributed by atoms with Gasteiger partial charge < -0.3 is 9.47 Å². The molecule has 2 aromatic carbocycles. The van der Waals surface area contributed by atoms with Crippen molar-refractivity contribution in [2.24, 2.45) is 0 Å². The van der Waals surface area contributed by atoms with Gasteiger partial charge in [0.15, 0.2) is 0 Å². The normalized spacial score (nSPS) is 19.5. The van der Waals surface area contributed by atoms with Crippen molar-refractivity contribution in [2.75, 3.05) is 0 Å². The molecule has 0 saturated heterocycles. The minimum Gasteiger partial charge on any atom is -0.488 e. The average molecular weight is 324 g/mol. The van der Waals surface area contributed by atoms with E-state index in [1.165, 1.54) is 27.8 Å². The number of ether oxygens (including phenoxy) is 2. The summed E-state index contributed by atoms with van der Waals surface area (Å²) in [6, 6.07) is 10.3. The molecule has 128 valence electrons. The first kappa shape index (κ1) is 16.9. The van der Waals surface area contributed by atoms with E-state index in [2.05, 4.69) is 58.9 Å². The van der Waals surface area contributed by atoms with Crippen molar-refractivity contribution in [3.63, 3.8) is 0 Å². The van der Waals surface area contributed by atoms with Crippen molar-refractivity contribution in [2.45, 2.75) is 66.1 Å². The van der Waals surface area contributed by atoms with Gasteiger partial charge in [-0.3, -0.25) is 0 Å². The quantitative estimate of drug-likeness (QED) is 0.720. The second kappa shape index (κ2) is 6.51. The summed E-state index contributed by atoms with van der Waals surface area (Å²) in [5.41, 5.74) is 6.14. The maximum Gasteiger partial charge on any atom is 0.127 e. The van der Waals surface area contributed by atoms with Crippen LogP contribution in [0.15, 0.2) is 30.3 Å². The Morgan fingerprint density at radius 1 is 1.04 bits per heavy atom. The standard InChI is InChI=1S/C22H28O2/c1-6-22(5)13-12-19-17(4)20(15(2)16(3)21(19)24-22)23-14-18-10-8-7-9-11-18/h7-11H,6,12-14H2,1-5H3/t22-/m1/s1. The molecule has 0 aromatic heterocycles. The lowest BCUT2D eigenvalue weighted by Crippen LogP contribution is -2.36. The molecule has 24 heavy (non-hydrogen) atoms. The molecular weight excluding hydrogens is 296 g/mol. The van der Waals surface area contributed by atoms with E-state index >= 15 is 0 Å². The topological polar surface area (TPSA) is 18.5 Å². The van der Waals surface area contributed by atoms with E-state index in [0.29, 0.717) is 6.61 Å². The Morgan fingerprint density at radius 3 is 2.42 bits per heavy atom. The van der Waals surface area contributed by atoms with Crippen LogP contribution in [0.1, 0.15) is 54.5 Å². The fourth-order valence-electron chi connectivity index (χ4n) is 3.48. The SMILES string of the molecule is CC[C@]1(C)CCc2c(C)c(OCc3ccccc3)c(C)c(C)c2O1. The maximum absolute atomic E-state index is 6.42. The van der Waals surface area contributed by atoms with Crippen LogP contribution in [0, 0.1) is 20.8 Å². The van der Waals surface area contributed by atoms with E-state index in [0.717, 1.165) is 30.8 Å².